The van der Waals surface area contributed by atoms with Gasteiger partial charge < -0.3 is 29.5 Å². The summed E-state index contributed by atoms with van der Waals surface area (Å²) in [5, 5.41) is 29.0. The molecule has 1 aromatic carbocycles. The van der Waals surface area contributed by atoms with E-state index in [2.05, 4.69) is 0 Å². The molecule has 3 N–H and O–H groups in total. The van der Waals surface area contributed by atoms with Crippen LogP contribution >= 0.6 is 0 Å². The highest BCUT2D eigenvalue weighted by molar-refractivity contribution is 5.16. The third kappa shape index (κ3) is 2.38. The zero-order valence-electron chi connectivity index (χ0n) is 10.1. The summed E-state index contributed by atoms with van der Waals surface area (Å²) in [7, 11) is 0. The van der Waals surface area contributed by atoms with E-state index in [1.165, 1.54) is 0 Å². The molecule has 6 nitrogen and oxygen atoms in total. The first-order valence-corrected chi connectivity index (χ1v) is 6.18. The molecular formula is C13H16O6. The summed E-state index contributed by atoms with van der Waals surface area (Å²) in [6.07, 6.45) is -5.93. The van der Waals surface area contributed by atoms with Gasteiger partial charge in [0.05, 0.1) is 6.61 Å². The molecule has 0 aliphatic carbocycles. The zero-order valence-corrected chi connectivity index (χ0v) is 10.1. The van der Waals surface area contributed by atoms with E-state index in [1.54, 1.807) is 0 Å². The quantitative estimate of drug-likeness (QED) is 0.639. The summed E-state index contributed by atoms with van der Waals surface area (Å²) in [6, 6.07) is 9.31. The van der Waals surface area contributed by atoms with Gasteiger partial charge in [-0.3, -0.25) is 0 Å². The standard InChI is InChI=1S/C13H16O6/c14-9-10(15)12(16)18-8-6-17-13(19-11(8)9)7-4-2-1-3-5-7/h1-5,8-16H,6H2/t8-,9+,10+,11+,12-,13+/m1/s1. The average molecular weight is 268 g/mol. The molecule has 0 saturated carbocycles. The molecule has 6 heteroatoms. The van der Waals surface area contributed by atoms with Gasteiger partial charge in [0.15, 0.2) is 12.6 Å². The summed E-state index contributed by atoms with van der Waals surface area (Å²) in [6.45, 7) is 0.186. The molecule has 2 saturated heterocycles. The first kappa shape index (κ1) is 13.0. The fourth-order valence-corrected chi connectivity index (χ4v) is 2.37. The van der Waals surface area contributed by atoms with Gasteiger partial charge in [-0.15, -0.1) is 0 Å². The Labute approximate surface area is 110 Å². The Morgan fingerprint density at radius 1 is 0.947 bits per heavy atom. The number of aliphatic hydroxyl groups excluding tert-OH is 3. The largest absolute Gasteiger partial charge is 0.387 e. The minimum Gasteiger partial charge on any atom is -0.387 e. The normalized spacial score (nSPS) is 42.7. The molecule has 0 radical (unpaired) electrons. The van der Waals surface area contributed by atoms with E-state index in [9.17, 15) is 15.3 Å². The van der Waals surface area contributed by atoms with E-state index >= 15 is 0 Å². The fourth-order valence-electron chi connectivity index (χ4n) is 2.37. The lowest BCUT2D eigenvalue weighted by Crippen LogP contribution is -2.61. The van der Waals surface area contributed by atoms with Crippen LogP contribution in [0.5, 0.6) is 0 Å². The summed E-state index contributed by atoms with van der Waals surface area (Å²) < 4.78 is 16.3. The summed E-state index contributed by atoms with van der Waals surface area (Å²) in [4.78, 5) is 0. The third-order valence-corrected chi connectivity index (χ3v) is 3.42. The van der Waals surface area contributed by atoms with Gasteiger partial charge in [0.1, 0.15) is 24.4 Å². The highest BCUT2D eigenvalue weighted by atomic mass is 16.7. The second-order valence-electron chi connectivity index (χ2n) is 4.72. The lowest BCUT2D eigenvalue weighted by molar-refractivity contribution is -0.354. The summed E-state index contributed by atoms with van der Waals surface area (Å²) in [5.74, 6) is 0. The van der Waals surface area contributed by atoms with Crippen LogP contribution in [0.1, 0.15) is 11.9 Å². The van der Waals surface area contributed by atoms with Gasteiger partial charge >= 0.3 is 0 Å². The van der Waals surface area contributed by atoms with Gasteiger partial charge in [0.25, 0.3) is 0 Å². The van der Waals surface area contributed by atoms with Gasteiger partial charge in [-0.2, -0.15) is 0 Å². The van der Waals surface area contributed by atoms with Crippen molar-refractivity contribution in [2.24, 2.45) is 0 Å². The molecule has 2 heterocycles. The topological polar surface area (TPSA) is 88.4 Å². The molecule has 6 atom stereocenters. The molecule has 2 aliphatic heterocycles. The molecule has 19 heavy (non-hydrogen) atoms. The maximum atomic E-state index is 9.94. The molecule has 3 rings (SSSR count). The van der Waals surface area contributed by atoms with E-state index in [1.807, 2.05) is 30.3 Å². The van der Waals surface area contributed by atoms with Gasteiger partial charge in [0.2, 0.25) is 0 Å². The van der Waals surface area contributed by atoms with Crippen molar-refractivity contribution < 1.29 is 29.5 Å². The summed E-state index contributed by atoms with van der Waals surface area (Å²) >= 11 is 0. The molecule has 0 spiro atoms. The molecule has 2 fully saturated rings. The SMILES string of the molecule is O[C@H]1[C@H](O)[C@H](O)O[C@@H]2CO[C@H](c3ccccc3)O[C@H]12. The molecular weight excluding hydrogens is 252 g/mol. The van der Waals surface area contributed by atoms with Crippen LogP contribution in [-0.2, 0) is 14.2 Å². The van der Waals surface area contributed by atoms with Crippen molar-refractivity contribution >= 4 is 0 Å². The van der Waals surface area contributed by atoms with Crippen LogP contribution in [0, 0.1) is 0 Å². The lowest BCUT2D eigenvalue weighted by atomic mass is 9.98. The number of benzene rings is 1. The highest BCUT2D eigenvalue weighted by Crippen LogP contribution is 2.33. The minimum absolute atomic E-state index is 0.186. The number of hydrogen-bond donors (Lipinski definition) is 3. The molecule has 0 aromatic heterocycles. The molecule has 0 unspecified atom stereocenters. The Morgan fingerprint density at radius 3 is 2.42 bits per heavy atom. The van der Waals surface area contributed by atoms with Crippen LogP contribution in [0.3, 0.4) is 0 Å². The number of aliphatic hydroxyl groups is 3. The van der Waals surface area contributed by atoms with Crippen molar-refractivity contribution in [1.82, 2.24) is 0 Å². The molecule has 0 bridgehead atoms. The van der Waals surface area contributed by atoms with Gasteiger partial charge in [0, 0.05) is 5.56 Å². The van der Waals surface area contributed by atoms with Crippen LogP contribution in [0.2, 0.25) is 0 Å². The van der Waals surface area contributed by atoms with Crippen molar-refractivity contribution in [2.45, 2.75) is 37.0 Å². The number of ether oxygens (including phenoxy) is 3. The molecule has 104 valence electrons. The molecule has 2 aliphatic rings. The predicted octanol–water partition coefficient (Wildman–Crippen LogP) is -0.460. The number of rotatable bonds is 1. The van der Waals surface area contributed by atoms with E-state index in [0.717, 1.165) is 5.56 Å². The van der Waals surface area contributed by atoms with Crippen LogP contribution in [0.25, 0.3) is 0 Å². The Kier molecular flexibility index (Phi) is 3.53. The van der Waals surface area contributed by atoms with Crippen LogP contribution in [0.4, 0.5) is 0 Å². The Morgan fingerprint density at radius 2 is 1.68 bits per heavy atom. The van der Waals surface area contributed by atoms with E-state index in [4.69, 9.17) is 14.2 Å². The van der Waals surface area contributed by atoms with Crippen LogP contribution in [-0.4, -0.2) is 52.6 Å². The lowest BCUT2D eigenvalue weighted by Gasteiger charge is -2.45. The highest BCUT2D eigenvalue weighted by Gasteiger charge is 2.48. The van der Waals surface area contributed by atoms with Crippen LogP contribution < -0.4 is 0 Å². The van der Waals surface area contributed by atoms with Crippen molar-refractivity contribution in [3.05, 3.63) is 35.9 Å². The van der Waals surface area contributed by atoms with Crippen molar-refractivity contribution in [1.29, 1.82) is 0 Å². The van der Waals surface area contributed by atoms with Crippen LogP contribution in [0.15, 0.2) is 30.3 Å². The van der Waals surface area contributed by atoms with E-state index in [0.29, 0.717) is 0 Å². The Bertz CT molecular complexity index is 422. The van der Waals surface area contributed by atoms with Gasteiger partial charge in [-0.1, -0.05) is 30.3 Å². The first-order chi connectivity index (χ1) is 9.16. The van der Waals surface area contributed by atoms with Crippen molar-refractivity contribution in [3.63, 3.8) is 0 Å². The Balaban J connectivity index is 1.75. The fraction of sp³-hybridized carbons (Fsp3) is 0.538. The Hall–Kier alpha value is -1.02. The first-order valence-electron chi connectivity index (χ1n) is 6.18. The minimum atomic E-state index is -1.42. The predicted molar refractivity (Wildman–Crippen MR) is 62.9 cm³/mol. The van der Waals surface area contributed by atoms with Crippen molar-refractivity contribution in [3.8, 4) is 0 Å². The average Bonchev–Trinajstić information content (AvgIpc) is 2.46. The number of hydrogen-bond acceptors (Lipinski definition) is 6. The smallest absolute Gasteiger partial charge is 0.184 e. The molecule has 1 aromatic rings. The number of fused-ring (bicyclic) bond motifs is 1. The monoisotopic (exact) mass is 268 g/mol. The maximum absolute atomic E-state index is 9.94. The van der Waals surface area contributed by atoms with Crippen molar-refractivity contribution in [2.75, 3.05) is 6.61 Å². The van der Waals surface area contributed by atoms with E-state index in [-0.39, 0.29) is 6.61 Å². The summed E-state index contributed by atoms with van der Waals surface area (Å²) in [5.41, 5.74) is 0.828. The third-order valence-electron chi connectivity index (χ3n) is 3.42. The second-order valence-corrected chi connectivity index (χ2v) is 4.72. The maximum Gasteiger partial charge on any atom is 0.184 e. The second kappa shape index (κ2) is 5.16. The zero-order chi connectivity index (χ0) is 13.4. The molecule has 0 amide bonds. The van der Waals surface area contributed by atoms with E-state index < -0.39 is 37.0 Å². The van der Waals surface area contributed by atoms with Gasteiger partial charge in [-0.05, 0) is 0 Å². The van der Waals surface area contributed by atoms with Gasteiger partial charge in [-0.25, -0.2) is 0 Å².